The smallest absolute Gasteiger partial charge is 0.207 e. The Hall–Kier alpha value is -1.37. The third kappa shape index (κ3) is 4.07. The van der Waals surface area contributed by atoms with Crippen LogP contribution in [0.1, 0.15) is 52.7 Å². The summed E-state index contributed by atoms with van der Waals surface area (Å²) >= 11 is 0. The quantitative estimate of drug-likeness (QED) is 0.638. The van der Waals surface area contributed by atoms with Crippen molar-refractivity contribution in [1.82, 2.24) is 4.67 Å². The molecule has 2 nitrogen and oxygen atoms in total. The summed E-state index contributed by atoms with van der Waals surface area (Å²) in [6.07, 6.45) is 1.99. The molecule has 0 aliphatic rings. The molecule has 0 bridgehead atoms. The van der Waals surface area contributed by atoms with Crippen molar-refractivity contribution in [1.29, 1.82) is 0 Å². The fourth-order valence-electron chi connectivity index (χ4n) is 3.53. The Bertz CT molecular complexity index is 657. The van der Waals surface area contributed by atoms with Gasteiger partial charge in [-0.3, -0.25) is 4.57 Å². The fraction of sp³-hybridized carbons (Fsp3) is 0.455. The van der Waals surface area contributed by atoms with Crippen LogP contribution in [0.15, 0.2) is 48.5 Å². The summed E-state index contributed by atoms with van der Waals surface area (Å²) in [4.78, 5) is 0. The molecule has 0 N–H and O–H groups in total. The van der Waals surface area contributed by atoms with Crippen LogP contribution in [0.5, 0.6) is 0 Å². The first-order valence-corrected chi connectivity index (χ1v) is 11.1. The lowest BCUT2D eigenvalue weighted by Gasteiger charge is -2.38. The Morgan fingerprint density at radius 1 is 0.720 bits per heavy atom. The molecule has 2 rings (SSSR count). The maximum absolute atomic E-state index is 14.5. The Labute approximate surface area is 153 Å². The summed E-state index contributed by atoms with van der Waals surface area (Å²) in [7, 11) is -2.87. The molecular weight excluding hydrogens is 325 g/mol. The molecule has 0 aliphatic heterocycles. The molecule has 0 amide bonds. The lowest BCUT2D eigenvalue weighted by Crippen LogP contribution is -2.41. The normalized spacial score (nSPS) is 12.4. The van der Waals surface area contributed by atoms with Crippen molar-refractivity contribution < 1.29 is 4.57 Å². The van der Waals surface area contributed by atoms with Gasteiger partial charge >= 0.3 is 0 Å². The monoisotopic (exact) mass is 357 g/mol. The van der Waals surface area contributed by atoms with Crippen LogP contribution in [0.3, 0.4) is 0 Å². The van der Waals surface area contributed by atoms with Crippen molar-refractivity contribution in [2.24, 2.45) is 0 Å². The summed E-state index contributed by atoms with van der Waals surface area (Å²) in [5, 5.41) is 1.85. The Morgan fingerprint density at radius 3 is 1.28 bits per heavy atom. The van der Waals surface area contributed by atoms with Crippen LogP contribution in [-0.4, -0.2) is 16.8 Å². The zero-order valence-corrected chi connectivity index (χ0v) is 17.4. The minimum atomic E-state index is -2.87. The molecule has 2 aromatic carbocycles. The van der Waals surface area contributed by atoms with Crippen LogP contribution in [0.25, 0.3) is 0 Å². The first-order chi connectivity index (χ1) is 11.8. The summed E-state index contributed by atoms with van der Waals surface area (Å²) in [6.45, 7) is 12.8. The van der Waals surface area contributed by atoms with Crippen molar-refractivity contribution in [3.8, 4) is 0 Å². The third-order valence-electron chi connectivity index (χ3n) is 4.77. The van der Waals surface area contributed by atoms with Gasteiger partial charge in [-0.15, -0.1) is 0 Å². The summed E-state index contributed by atoms with van der Waals surface area (Å²) < 4.78 is 16.7. The van der Waals surface area contributed by atoms with E-state index in [0.717, 1.165) is 23.5 Å². The predicted molar refractivity (Wildman–Crippen MR) is 111 cm³/mol. The number of benzene rings is 2. The van der Waals surface area contributed by atoms with Gasteiger partial charge in [-0.1, -0.05) is 38.1 Å². The van der Waals surface area contributed by atoms with Crippen LogP contribution >= 0.6 is 7.29 Å². The number of rotatable bonds is 7. The second kappa shape index (κ2) is 8.34. The molecule has 25 heavy (non-hydrogen) atoms. The van der Waals surface area contributed by atoms with Gasteiger partial charge in [0.1, 0.15) is 0 Å². The maximum Gasteiger partial charge on any atom is 0.207 e. The van der Waals surface area contributed by atoms with Crippen LogP contribution < -0.4 is 10.6 Å². The van der Waals surface area contributed by atoms with Crippen LogP contribution in [-0.2, 0) is 17.4 Å². The van der Waals surface area contributed by atoms with Gasteiger partial charge in [0.05, 0.1) is 0 Å². The Kier molecular flexibility index (Phi) is 6.65. The first-order valence-electron chi connectivity index (χ1n) is 9.42. The van der Waals surface area contributed by atoms with Crippen molar-refractivity contribution in [2.75, 3.05) is 0 Å². The third-order valence-corrected chi connectivity index (χ3v) is 8.34. The molecule has 0 saturated carbocycles. The van der Waals surface area contributed by atoms with E-state index in [9.17, 15) is 4.57 Å². The second-order valence-corrected chi connectivity index (χ2v) is 9.83. The number of hydrogen-bond acceptors (Lipinski definition) is 1. The van der Waals surface area contributed by atoms with Gasteiger partial charge in [0, 0.05) is 22.7 Å². The largest absolute Gasteiger partial charge is 0.296 e. The molecule has 0 spiro atoms. The van der Waals surface area contributed by atoms with Gasteiger partial charge in [-0.05, 0) is 75.9 Å². The second-order valence-electron chi connectivity index (χ2n) is 7.18. The molecule has 2 aromatic rings. The van der Waals surface area contributed by atoms with E-state index in [1.807, 2.05) is 0 Å². The highest BCUT2D eigenvalue weighted by Gasteiger charge is 2.37. The highest BCUT2D eigenvalue weighted by molar-refractivity contribution is 7.76. The molecule has 0 unspecified atom stereocenters. The molecule has 0 radical (unpaired) electrons. The summed E-state index contributed by atoms with van der Waals surface area (Å²) in [5.41, 5.74) is 2.55. The average Bonchev–Trinajstić information content (AvgIpc) is 2.61. The van der Waals surface area contributed by atoms with Crippen LogP contribution in [0.2, 0.25) is 0 Å². The first kappa shape index (κ1) is 19.9. The standard InChI is InChI=1S/C22H32NOP/c1-7-19-9-13-21(14-10-19)25(24,23(17(3)4)18(5)6)22-15-11-20(8-2)12-16-22/h9-18H,7-8H2,1-6H3. The average molecular weight is 357 g/mol. The Balaban J connectivity index is 2.65. The zero-order valence-electron chi connectivity index (χ0n) is 16.5. The van der Waals surface area contributed by atoms with Crippen molar-refractivity contribution in [3.05, 3.63) is 59.7 Å². The highest BCUT2D eigenvalue weighted by Crippen LogP contribution is 2.50. The fourth-order valence-corrected chi connectivity index (χ4v) is 6.77. The van der Waals surface area contributed by atoms with Gasteiger partial charge in [0.2, 0.25) is 7.29 Å². The van der Waals surface area contributed by atoms with Crippen LogP contribution in [0.4, 0.5) is 0 Å². The van der Waals surface area contributed by atoms with E-state index in [0.29, 0.717) is 0 Å². The summed E-state index contributed by atoms with van der Waals surface area (Å²) in [6, 6.07) is 17.1. The highest BCUT2D eigenvalue weighted by atomic mass is 31.2. The van der Waals surface area contributed by atoms with E-state index in [1.165, 1.54) is 11.1 Å². The molecule has 0 heterocycles. The molecule has 0 atom stereocenters. The maximum atomic E-state index is 14.5. The van der Waals surface area contributed by atoms with Gasteiger partial charge in [0.15, 0.2) is 0 Å². The van der Waals surface area contributed by atoms with E-state index < -0.39 is 7.29 Å². The number of nitrogens with zero attached hydrogens (tertiary/aromatic N) is 1. The van der Waals surface area contributed by atoms with E-state index in [1.54, 1.807) is 0 Å². The topological polar surface area (TPSA) is 20.3 Å². The van der Waals surface area contributed by atoms with Gasteiger partial charge in [0.25, 0.3) is 0 Å². The molecule has 3 heteroatoms. The van der Waals surface area contributed by atoms with Gasteiger partial charge < -0.3 is 0 Å². The minimum Gasteiger partial charge on any atom is -0.296 e. The number of aryl methyl sites for hydroxylation is 2. The lowest BCUT2D eigenvalue weighted by molar-refractivity contribution is 0.307. The van der Waals surface area contributed by atoms with Gasteiger partial charge in [-0.2, -0.15) is 0 Å². The lowest BCUT2D eigenvalue weighted by atomic mass is 10.2. The minimum absolute atomic E-state index is 0.197. The molecule has 136 valence electrons. The number of hydrogen-bond donors (Lipinski definition) is 0. The van der Waals surface area contributed by atoms with Crippen LogP contribution in [0, 0.1) is 0 Å². The SMILES string of the molecule is CCc1ccc(P(=O)(c2ccc(CC)cc2)N(C(C)C)C(C)C)cc1. The molecule has 0 fully saturated rings. The molecule has 0 aliphatic carbocycles. The van der Waals surface area contributed by atoms with Crippen molar-refractivity contribution >= 4 is 17.9 Å². The summed E-state index contributed by atoms with van der Waals surface area (Å²) in [5.74, 6) is 0. The molecule has 0 saturated heterocycles. The van der Waals surface area contributed by atoms with E-state index >= 15 is 0 Å². The molecular formula is C22H32NOP. The predicted octanol–water partition coefficient (Wildman–Crippen LogP) is 5.16. The van der Waals surface area contributed by atoms with Gasteiger partial charge in [-0.25, -0.2) is 4.67 Å². The van der Waals surface area contributed by atoms with E-state index in [4.69, 9.17) is 0 Å². The van der Waals surface area contributed by atoms with Crippen molar-refractivity contribution in [2.45, 2.75) is 66.5 Å². The molecule has 0 aromatic heterocycles. The Morgan fingerprint density at radius 2 is 1.04 bits per heavy atom. The van der Waals surface area contributed by atoms with E-state index in [2.05, 4.69) is 94.7 Å². The van der Waals surface area contributed by atoms with Crippen molar-refractivity contribution in [3.63, 3.8) is 0 Å². The van der Waals surface area contributed by atoms with E-state index in [-0.39, 0.29) is 12.1 Å². The zero-order chi connectivity index (χ0) is 18.6.